The lowest BCUT2D eigenvalue weighted by atomic mass is 9.74. The van der Waals surface area contributed by atoms with Crippen LogP contribution in [0.15, 0.2) is 0 Å². The minimum atomic E-state index is 0.593. The predicted octanol–water partition coefficient (Wildman–Crippen LogP) is 2.95. The van der Waals surface area contributed by atoms with Crippen molar-refractivity contribution in [3.05, 3.63) is 0 Å². The molecule has 0 spiro atoms. The molecule has 0 aromatic carbocycles. The van der Waals surface area contributed by atoms with E-state index in [9.17, 15) is 0 Å². The zero-order valence-corrected chi connectivity index (χ0v) is 11.8. The average molecular weight is 254 g/mol. The Balaban J connectivity index is 1.91. The van der Waals surface area contributed by atoms with Gasteiger partial charge >= 0.3 is 0 Å². The van der Waals surface area contributed by atoms with E-state index < -0.39 is 0 Å². The van der Waals surface area contributed by atoms with Crippen molar-refractivity contribution in [2.24, 2.45) is 17.6 Å². The number of likely N-dealkylation sites (tertiary alicyclic amines) is 1. The van der Waals surface area contributed by atoms with Gasteiger partial charge < -0.3 is 5.73 Å². The van der Waals surface area contributed by atoms with Crippen molar-refractivity contribution in [1.82, 2.24) is 4.90 Å². The fourth-order valence-corrected chi connectivity index (χ4v) is 3.92. The zero-order valence-electron chi connectivity index (χ0n) is 11.0. The lowest BCUT2D eigenvalue weighted by Gasteiger charge is -2.44. The lowest BCUT2D eigenvalue weighted by Crippen LogP contribution is -2.47. The van der Waals surface area contributed by atoms with Crippen molar-refractivity contribution in [2.45, 2.75) is 57.9 Å². The smallest absolute Gasteiger partial charge is 0.0743 e. The minimum absolute atomic E-state index is 0.593. The monoisotopic (exact) mass is 254 g/mol. The Morgan fingerprint density at radius 2 is 2.00 bits per heavy atom. The first-order valence-electron chi connectivity index (χ1n) is 7.23. The van der Waals surface area contributed by atoms with Gasteiger partial charge in [-0.25, -0.2) is 0 Å². The Hall–Kier alpha value is -0.150. The maximum absolute atomic E-state index is 5.71. The third kappa shape index (κ3) is 3.41. The average Bonchev–Trinajstić information content (AvgIpc) is 2.35. The summed E-state index contributed by atoms with van der Waals surface area (Å²) in [5.74, 6) is 1.97. The van der Waals surface area contributed by atoms with E-state index >= 15 is 0 Å². The number of fused-ring (bicyclic) bond motifs is 1. The molecule has 2 fully saturated rings. The maximum Gasteiger partial charge on any atom is 0.0743 e. The van der Waals surface area contributed by atoms with E-state index in [1.807, 2.05) is 0 Å². The van der Waals surface area contributed by atoms with Crippen molar-refractivity contribution in [1.29, 1.82) is 0 Å². The van der Waals surface area contributed by atoms with Crippen LogP contribution in [0.2, 0.25) is 0 Å². The fraction of sp³-hybridized carbons (Fsp3) is 0.929. The van der Waals surface area contributed by atoms with Gasteiger partial charge in [-0.2, -0.15) is 0 Å². The third-order valence-electron chi connectivity index (χ3n) is 4.75. The molecule has 0 aromatic rings. The fourth-order valence-electron chi connectivity index (χ4n) is 3.72. The normalized spacial score (nSPS) is 31.8. The Kier molecular flexibility index (Phi) is 4.80. The van der Waals surface area contributed by atoms with Crippen LogP contribution in [0.3, 0.4) is 0 Å². The highest BCUT2D eigenvalue weighted by atomic mass is 32.1. The molecule has 0 aromatic heterocycles. The summed E-state index contributed by atoms with van der Waals surface area (Å²) in [7, 11) is 0. The van der Waals surface area contributed by atoms with E-state index in [0.717, 1.165) is 18.3 Å². The Morgan fingerprint density at radius 3 is 2.65 bits per heavy atom. The van der Waals surface area contributed by atoms with E-state index in [4.69, 9.17) is 18.0 Å². The van der Waals surface area contributed by atoms with E-state index in [-0.39, 0.29) is 0 Å². The van der Waals surface area contributed by atoms with Gasteiger partial charge in [0.15, 0.2) is 0 Å². The standard InChI is InChI=1S/C14H26N2S/c1-2-13(9-14(15)17)16-8-7-11-5-3-4-6-12(11)10-16/h11-13H,2-10H2,1H3,(H2,15,17). The molecule has 1 aliphatic heterocycles. The van der Waals surface area contributed by atoms with Crippen LogP contribution >= 0.6 is 12.2 Å². The predicted molar refractivity (Wildman–Crippen MR) is 77.1 cm³/mol. The van der Waals surface area contributed by atoms with Gasteiger partial charge in [0.25, 0.3) is 0 Å². The SMILES string of the molecule is CCC(CC(N)=S)N1CCC2CCCCC2C1. The summed E-state index contributed by atoms with van der Waals surface area (Å²) < 4.78 is 0. The largest absolute Gasteiger partial charge is 0.393 e. The molecule has 0 radical (unpaired) electrons. The molecule has 3 heteroatoms. The van der Waals surface area contributed by atoms with Crippen LogP contribution in [0.25, 0.3) is 0 Å². The van der Waals surface area contributed by atoms with Crippen LogP contribution in [0, 0.1) is 11.8 Å². The lowest BCUT2D eigenvalue weighted by molar-refractivity contribution is 0.0574. The first kappa shape index (κ1) is 13.3. The molecule has 3 unspecified atom stereocenters. The van der Waals surface area contributed by atoms with Gasteiger partial charge in [0.2, 0.25) is 0 Å². The van der Waals surface area contributed by atoms with Crippen molar-refractivity contribution in [3.8, 4) is 0 Å². The maximum atomic E-state index is 5.71. The zero-order chi connectivity index (χ0) is 12.3. The van der Waals surface area contributed by atoms with Gasteiger partial charge in [-0.1, -0.05) is 38.4 Å². The second-order valence-corrected chi connectivity index (χ2v) is 6.35. The molecule has 0 bridgehead atoms. The molecular formula is C14H26N2S. The van der Waals surface area contributed by atoms with Gasteiger partial charge in [-0.05, 0) is 37.6 Å². The van der Waals surface area contributed by atoms with Crippen LogP contribution in [-0.2, 0) is 0 Å². The molecule has 2 nitrogen and oxygen atoms in total. The van der Waals surface area contributed by atoms with Gasteiger partial charge in [-0.15, -0.1) is 0 Å². The Bertz CT molecular complexity index is 267. The van der Waals surface area contributed by atoms with Gasteiger partial charge in [0.05, 0.1) is 4.99 Å². The molecule has 1 saturated carbocycles. The molecule has 1 aliphatic carbocycles. The first-order chi connectivity index (χ1) is 8.20. The second kappa shape index (κ2) is 6.14. The Morgan fingerprint density at radius 1 is 1.29 bits per heavy atom. The number of hydrogen-bond acceptors (Lipinski definition) is 2. The highest BCUT2D eigenvalue weighted by molar-refractivity contribution is 7.80. The molecule has 2 N–H and O–H groups in total. The summed E-state index contributed by atoms with van der Waals surface area (Å²) in [5, 5.41) is 0. The van der Waals surface area contributed by atoms with E-state index in [1.54, 1.807) is 0 Å². The summed E-state index contributed by atoms with van der Waals surface area (Å²) in [5.41, 5.74) is 5.71. The number of piperidine rings is 1. The van der Waals surface area contributed by atoms with Crippen LogP contribution in [-0.4, -0.2) is 29.0 Å². The molecule has 1 heterocycles. The highest BCUT2D eigenvalue weighted by Gasteiger charge is 2.33. The summed E-state index contributed by atoms with van der Waals surface area (Å²) in [6, 6.07) is 0.593. The van der Waals surface area contributed by atoms with Crippen LogP contribution in [0.1, 0.15) is 51.9 Å². The third-order valence-corrected chi connectivity index (χ3v) is 4.91. The van der Waals surface area contributed by atoms with Crippen LogP contribution in [0.4, 0.5) is 0 Å². The van der Waals surface area contributed by atoms with Gasteiger partial charge in [0.1, 0.15) is 0 Å². The van der Waals surface area contributed by atoms with Crippen LogP contribution < -0.4 is 5.73 Å². The molecular weight excluding hydrogens is 228 g/mol. The summed E-state index contributed by atoms with van der Waals surface area (Å²) in [6.45, 7) is 4.82. The number of nitrogens with zero attached hydrogens (tertiary/aromatic N) is 1. The van der Waals surface area contributed by atoms with Crippen molar-refractivity contribution < 1.29 is 0 Å². The number of hydrogen-bond donors (Lipinski definition) is 1. The quantitative estimate of drug-likeness (QED) is 0.782. The summed E-state index contributed by atoms with van der Waals surface area (Å²) in [4.78, 5) is 3.34. The number of rotatable bonds is 4. The van der Waals surface area contributed by atoms with Crippen LogP contribution in [0.5, 0.6) is 0 Å². The molecule has 2 rings (SSSR count). The van der Waals surface area contributed by atoms with Crippen molar-refractivity contribution >= 4 is 17.2 Å². The molecule has 3 atom stereocenters. The topological polar surface area (TPSA) is 29.3 Å². The van der Waals surface area contributed by atoms with E-state index in [2.05, 4.69) is 11.8 Å². The minimum Gasteiger partial charge on any atom is -0.393 e. The Labute approximate surface area is 111 Å². The number of nitrogens with two attached hydrogens (primary N) is 1. The van der Waals surface area contributed by atoms with Gasteiger partial charge in [-0.3, -0.25) is 4.90 Å². The molecule has 17 heavy (non-hydrogen) atoms. The molecule has 1 saturated heterocycles. The first-order valence-corrected chi connectivity index (χ1v) is 7.64. The number of thiocarbonyl (C=S) groups is 1. The molecule has 98 valence electrons. The summed E-state index contributed by atoms with van der Waals surface area (Å²) >= 11 is 5.07. The van der Waals surface area contributed by atoms with Gasteiger partial charge in [0, 0.05) is 19.0 Å². The summed E-state index contributed by atoms with van der Waals surface area (Å²) in [6.07, 6.45) is 9.32. The second-order valence-electron chi connectivity index (χ2n) is 5.82. The van der Waals surface area contributed by atoms with E-state index in [1.165, 1.54) is 51.6 Å². The molecule has 2 aliphatic rings. The highest BCUT2D eigenvalue weighted by Crippen LogP contribution is 2.37. The van der Waals surface area contributed by atoms with E-state index in [0.29, 0.717) is 11.0 Å². The van der Waals surface area contributed by atoms with Crippen molar-refractivity contribution in [2.75, 3.05) is 13.1 Å². The molecule has 0 amide bonds. The van der Waals surface area contributed by atoms with Crippen molar-refractivity contribution in [3.63, 3.8) is 0 Å².